The molecule has 41 heavy (non-hydrogen) atoms. The van der Waals surface area contributed by atoms with Gasteiger partial charge in [-0.1, -0.05) is 68.5 Å². The lowest BCUT2D eigenvalue weighted by molar-refractivity contribution is 0.285. The molecule has 3 aliphatic rings. The fraction of sp³-hybridized carbons (Fsp3) is 0.297. The molecule has 0 N–H and O–H groups in total. The lowest BCUT2D eigenvalue weighted by atomic mass is 9.81. The zero-order valence-corrected chi connectivity index (χ0v) is 24.1. The van der Waals surface area contributed by atoms with Gasteiger partial charge in [0.1, 0.15) is 11.5 Å². The summed E-state index contributed by atoms with van der Waals surface area (Å²) in [6.07, 6.45) is 5.81. The summed E-state index contributed by atoms with van der Waals surface area (Å²) in [6, 6.07) is 32.8. The predicted molar refractivity (Wildman–Crippen MR) is 168 cm³/mol. The van der Waals surface area contributed by atoms with E-state index in [9.17, 15) is 0 Å². The van der Waals surface area contributed by atoms with Crippen molar-refractivity contribution < 1.29 is 9.47 Å². The molecule has 7 rings (SSSR count). The van der Waals surface area contributed by atoms with Crippen LogP contribution in [-0.4, -0.2) is 13.5 Å². The fourth-order valence-electron chi connectivity index (χ4n) is 6.54. The van der Waals surface area contributed by atoms with Crippen molar-refractivity contribution in [3.05, 3.63) is 125 Å². The first-order valence-corrected chi connectivity index (χ1v) is 15.0. The van der Waals surface area contributed by atoms with E-state index in [4.69, 9.17) is 9.47 Å². The molecule has 4 aromatic rings. The van der Waals surface area contributed by atoms with Crippen LogP contribution in [0.3, 0.4) is 0 Å². The maximum absolute atomic E-state index is 6.37. The molecule has 2 heterocycles. The number of hydrogen-bond donors (Lipinski definition) is 0. The second-order valence-electron chi connectivity index (χ2n) is 11.9. The van der Waals surface area contributed by atoms with Crippen LogP contribution in [-0.2, 0) is 13.1 Å². The molecule has 0 aromatic heterocycles. The van der Waals surface area contributed by atoms with Crippen LogP contribution < -0.4 is 19.3 Å². The summed E-state index contributed by atoms with van der Waals surface area (Å²) in [4.78, 5) is 4.62. The first-order valence-electron chi connectivity index (χ1n) is 15.0. The Labute approximate surface area is 243 Å². The molecular weight excluding hydrogens is 504 g/mol. The number of benzene rings is 4. The highest BCUT2D eigenvalue weighted by Gasteiger charge is 2.26. The lowest BCUT2D eigenvalue weighted by Crippen LogP contribution is -2.32. The summed E-state index contributed by atoms with van der Waals surface area (Å²) in [5.74, 6) is 3.06. The normalized spacial score (nSPS) is 18.2. The molecule has 0 amide bonds. The van der Waals surface area contributed by atoms with E-state index in [2.05, 4.69) is 121 Å². The molecule has 1 unspecified atom stereocenters. The van der Waals surface area contributed by atoms with E-state index >= 15 is 0 Å². The highest BCUT2D eigenvalue weighted by molar-refractivity contribution is 5.70. The zero-order valence-electron chi connectivity index (χ0n) is 24.1. The highest BCUT2D eigenvalue weighted by Crippen LogP contribution is 2.42. The number of rotatable bonds is 5. The molecule has 4 aromatic carbocycles. The fourth-order valence-corrected chi connectivity index (χ4v) is 6.54. The third kappa shape index (κ3) is 5.19. The van der Waals surface area contributed by atoms with E-state index in [1.165, 1.54) is 44.8 Å². The smallest absolute Gasteiger partial charge is 0.161 e. The third-order valence-electron chi connectivity index (χ3n) is 8.86. The molecule has 0 spiro atoms. The molecule has 4 nitrogen and oxygen atoms in total. The second-order valence-corrected chi connectivity index (χ2v) is 11.9. The van der Waals surface area contributed by atoms with Gasteiger partial charge in [0, 0.05) is 35.6 Å². The Morgan fingerprint density at radius 1 is 0.732 bits per heavy atom. The van der Waals surface area contributed by atoms with E-state index in [1.807, 2.05) is 0 Å². The summed E-state index contributed by atoms with van der Waals surface area (Å²) in [7, 11) is 0. The zero-order chi connectivity index (χ0) is 27.8. The first kappa shape index (κ1) is 25.8. The molecule has 0 fully saturated rings. The van der Waals surface area contributed by atoms with E-state index in [1.54, 1.807) is 0 Å². The Balaban J connectivity index is 1.11. The molecule has 208 valence electrons. The van der Waals surface area contributed by atoms with Gasteiger partial charge in [0.25, 0.3) is 0 Å². The van der Waals surface area contributed by atoms with E-state index in [-0.39, 0.29) is 0 Å². The number of ether oxygens (including phenoxy) is 2. The van der Waals surface area contributed by atoms with Gasteiger partial charge in [-0.3, -0.25) is 0 Å². The molecule has 2 aliphatic heterocycles. The maximum atomic E-state index is 6.37. The van der Waals surface area contributed by atoms with Gasteiger partial charge in [-0.2, -0.15) is 0 Å². The van der Waals surface area contributed by atoms with Gasteiger partial charge in [0.15, 0.2) is 13.5 Å². The molecule has 1 atom stereocenters. The van der Waals surface area contributed by atoms with Crippen LogP contribution in [0.1, 0.15) is 72.8 Å². The number of hydrogen-bond acceptors (Lipinski definition) is 4. The Morgan fingerprint density at radius 3 is 2.07 bits per heavy atom. The number of fused-ring (bicyclic) bond motifs is 2. The van der Waals surface area contributed by atoms with Gasteiger partial charge < -0.3 is 19.3 Å². The van der Waals surface area contributed by atoms with E-state index in [0.29, 0.717) is 25.3 Å². The van der Waals surface area contributed by atoms with Crippen molar-refractivity contribution in [2.24, 2.45) is 0 Å². The average Bonchev–Trinajstić information content (AvgIpc) is 3.04. The number of para-hydroxylation sites is 2. The van der Waals surface area contributed by atoms with Crippen molar-refractivity contribution in [1.29, 1.82) is 0 Å². The van der Waals surface area contributed by atoms with Crippen LogP contribution in [0.25, 0.3) is 5.57 Å². The van der Waals surface area contributed by atoms with Crippen molar-refractivity contribution in [3.8, 4) is 11.5 Å². The molecular formula is C37H38N2O2. The predicted octanol–water partition coefficient (Wildman–Crippen LogP) is 8.87. The molecule has 0 saturated heterocycles. The van der Waals surface area contributed by atoms with Crippen molar-refractivity contribution in [2.45, 2.75) is 58.0 Å². The van der Waals surface area contributed by atoms with Crippen LogP contribution in [0.4, 0.5) is 11.4 Å². The van der Waals surface area contributed by atoms with Crippen molar-refractivity contribution in [1.82, 2.24) is 0 Å². The first-order chi connectivity index (χ1) is 20.1. The minimum atomic E-state index is 0.414. The quantitative estimate of drug-likeness (QED) is 0.251. The number of nitrogens with zero attached hydrogens (tertiary/aromatic N) is 2. The SMILES string of the molecule is CC(C)c1cc(C2=CCC(c3ccc4c(c3)CN(c3ccccc3)CO4)CC2)cc2c1OCN(c1ccccc1)C2. The summed E-state index contributed by atoms with van der Waals surface area (Å²) in [5.41, 5.74) is 10.6. The van der Waals surface area contributed by atoms with Crippen LogP contribution >= 0.6 is 0 Å². The van der Waals surface area contributed by atoms with Gasteiger partial charge in [0.2, 0.25) is 0 Å². The number of allylic oxidation sites excluding steroid dienone is 2. The number of anilines is 2. The monoisotopic (exact) mass is 542 g/mol. The Morgan fingerprint density at radius 2 is 1.41 bits per heavy atom. The standard InChI is InChI=1S/C37H38N2O2/c1-26(2)35-21-30(20-32-23-39(25-41-37(32)35)34-11-7-4-8-12-34)28-15-13-27(14-16-28)29-17-18-36-31(19-29)22-38(24-40-36)33-9-5-3-6-10-33/h3-12,15,17-21,26-27H,13-14,16,22-25H2,1-2H3. The maximum Gasteiger partial charge on any atom is 0.161 e. The summed E-state index contributed by atoms with van der Waals surface area (Å²) < 4.78 is 12.5. The van der Waals surface area contributed by atoms with Crippen molar-refractivity contribution >= 4 is 16.9 Å². The lowest BCUT2D eigenvalue weighted by Gasteiger charge is -2.33. The summed E-state index contributed by atoms with van der Waals surface area (Å²) in [5, 5.41) is 0. The van der Waals surface area contributed by atoms with Gasteiger partial charge in [0.05, 0.1) is 0 Å². The van der Waals surface area contributed by atoms with Crippen molar-refractivity contribution in [2.75, 3.05) is 23.3 Å². The summed E-state index contributed by atoms with van der Waals surface area (Å²) >= 11 is 0. The highest BCUT2D eigenvalue weighted by atomic mass is 16.5. The van der Waals surface area contributed by atoms with Gasteiger partial charge >= 0.3 is 0 Å². The second kappa shape index (κ2) is 11.0. The van der Waals surface area contributed by atoms with Crippen LogP contribution in [0.2, 0.25) is 0 Å². The van der Waals surface area contributed by atoms with Crippen LogP contribution in [0.5, 0.6) is 11.5 Å². The van der Waals surface area contributed by atoms with Crippen LogP contribution in [0.15, 0.2) is 97.1 Å². The molecule has 0 radical (unpaired) electrons. The molecule has 0 saturated carbocycles. The van der Waals surface area contributed by atoms with Crippen LogP contribution in [0, 0.1) is 0 Å². The molecule has 4 heteroatoms. The molecule has 1 aliphatic carbocycles. The summed E-state index contributed by atoms with van der Waals surface area (Å²) in [6.45, 7) is 7.50. The Kier molecular flexibility index (Phi) is 6.92. The minimum Gasteiger partial charge on any atom is -0.473 e. The van der Waals surface area contributed by atoms with E-state index < -0.39 is 0 Å². The third-order valence-corrected chi connectivity index (χ3v) is 8.86. The van der Waals surface area contributed by atoms with Gasteiger partial charge in [-0.05, 0) is 95.8 Å². The van der Waals surface area contributed by atoms with E-state index in [0.717, 1.165) is 43.9 Å². The largest absolute Gasteiger partial charge is 0.473 e. The van der Waals surface area contributed by atoms with Crippen molar-refractivity contribution in [3.63, 3.8) is 0 Å². The van der Waals surface area contributed by atoms with Gasteiger partial charge in [-0.15, -0.1) is 0 Å². The average molecular weight is 543 g/mol. The minimum absolute atomic E-state index is 0.414. The topological polar surface area (TPSA) is 24.9 Å². The Bertz CT molecular complexity index is 1560. The van der Waals surface area contributed by atoms with Gasteiger partial charge in [-0.25, -0.2) is 0 Å². The Hall–Kier alpha value is -4.18. The molecule has 0 bridgehead atoms.